The topological polar surface area (TPSA) is 152 Å². The summed E-state index contributed by atoms with van der Waals surface area (Å²) in [5.74, 6) is -1.12. The Morgan fingerprint density at radius 2 is 1.56 bits per heavy atom. The fourth-order valence-electron chi connectivity index (χ4n) is 3.62. The van der Waals surface area contributed by atoms with Gasteiger partial charge in [0.2, 0.25) is 5.91 Å². The summed E-state index contributed by atoms with van der Waals surface area (Å²) in [4.78, 5) is 49.7. The number of carbonyl (C=O) groups is 4. The van der Waals surface area contributed by atoms with E-state index in [2.05, 4.69) is 21.5 Å². The number of rotatable bonds is 13. The Morgan fingerprint density at radius 1 is 0.872 bits per heavy atom. The van der Waals surface area contributed by atoms with Gasteiger partial charge in [-0.05, 0) is 76.3 Å². The molecule has 2 aromatic rings. The predicted molar refractivity (Wildman–Crippen MR) is 149 cm³/mol. The van der Waals surface area contributed by atoms with Crippen LogP contribution < -0.4 is 27.2 Å². The smallest absolute Gasteiger partial charge is 0.408 e. The summed E-state index contributed by atoms with van der Waals surface area (Å²) >= 11 is 0. The number of alkyl carbamates (subject to hydrolysis) is 1. The van der Waals surface area contributed by atoms with Gasteiger partial charge in [-0.25, -0.2) is 4.79 Å². The second-order valence-electron chi connectivity index (χ2n) is 10.2. The summed E-state index contributed by atoms with van der Waals surface area (Å²) in [6.07, 6.45) is 3.21. The lowest BCUT2D eigenvalue weighted by atomic mass is 10.0. The van der Waals surface area contributed by atoms with E-state index in [4.69, 9.17) is 10.5 Å². The maximum absolute atomic E-state index is 12.9. The van der Waals surface area contributed by atoms with E-state index in [-0.39, 0.29) is 5.91 Å². The molecule has 0 aromatic heterocycles. The van der Waals surface area contributed by atoms with Crippen molar-refractivity contribution in [1.82, 2.24) is 21.5 Å². The van der Waals surface area contributed by atoms with Crippen LogP contribution in [0.5, 0.6) is 0 Å². The molecule has 2 aromatic carbocycles. The fraction of sp³-hybridized carbons (Fsp3) is 0.448. The van der Waals surface area contributed by atoms with Crippen molar-refractivity contribution in [3.8, 4) is 0 Å². The Hall–Kier alpha value is -3.92. The van der Waals surface area contributed by atoms with Crippen molar-refractivity contribution in [3.05, 3.63) is 71.3 Å². The van der Waals surface area contributed by atoms with Crippen molar-refractivity contribution in [2.24, 2.45) is 5.73 Å². The van der Waals surface area contributed by atoms with Gasteiger partial charge in [-0.3, -0.25) is 25.2 Å². The molecule has 4 amide bonds. The minimum absolute atomic E-state index is 0.0293. The summed E-state index contributed by atoms with van der Waals surface area (Å²) in [5.41, 5.74) is 11.7. The van der Waals surface area contributed by atoms with E-state index in [9.17, 15) is 19.2 Å². The van der Waals surface area contributed by atoms with Crippen molar-refractivity contribution in [2.75, 3.05) is 6.54 Å². The molecule has 0 bridgehead atoms. The van der Waals surface area contributed by atoms with E-state index in [0.29, 0.717) is 37.9 Å². The van der Waals surface area contributed by atoms with Gasteiger partial charge in [0.05, 0.1) is 0 Å². The number of aryl methyl sites for hydroxylation is 1. The zero-order chi connectivity index (χ0) is 28.7. The molecule has 1 atom stereocenters. The van der Waals surface area contributed by atoms with Crippen molar-refractivity contribution in [2.45, 2.75) is 77.5 Å². The molecule has 0 aliphatic rings. The van der Waals surface area contributed by atoms with Crippen molar-refractivity contribution >= 4 is 23.8 Å². The lowest BCUT2D eigenvalue weighted by Gasteiger charge is -2.23. The molecule has 0 aliphatic carbocycles. The molecule has 2 rings (SSSR count). The summed E-state index contributed by atoms with van der Waals surface area (Å²) in [5, 5.41) is 5.45. The van der Waals surface area contributed by atoms with E-state index in [0.717, 1.165) is 30.4 Å². The number of carbonyl (C=O) groups excluding carboxylic acids is 4. The first-order chi connectivity index (χ1) is 18.6. The van der Waals surface area contributed by atoms with Crippen molar-refractivity contribution in [3.63, 3.8) is 0 Å². The highest BCUT2D eigenvalue weighted by Gasteiger charge is 2.24. The molecule has 0 spiro atoms. The van der Waals surface area contributed by atoms with E-state index in [1.807, 2.05) is 30.3 Å². The van der Waals surface area contributed by atoms with Crippen molar-refractivity contribution in [1.29, 1.82) is 0 Å². The maximum Gasteiger partial charge on any atom is 0.408 e. The number of ether oxygens (including phenoxy) is 1. The molecule has 6 N–H and O–H groups in total. The lowest BCUT2D eigenvalue weighted by molar-refractivity contribution is -0.124. The van der Waals surface area contributed by atoms with Crippen LogP contribution in [0.15, 0.2) is 54.6 Å². The summed E-state index contributed by atoms with van der Waals surface area (Å²) in [6, 6.07) is 15.3. The van der Waals surface area contributed by atoms with E-state index >= 15 is 0 Å². The second-order valence-corrected chi connectivity index (χ2v) is 10.2. The van der Waals surface area contributed by atoms with Crippen LogP contribution in [-0.2, 0) is 27.3 Å². The van der Waals surface area contributed by atoms with Crippen LogP contribution in [0, 0.1) is 0 Å². The number of hydrazine groups is 1. The largest absolute Gasteiger partial charge is 0.444 e. The Bertz CT molecular complexity index is 1070. The number of nitrogens with two attached hydrogens (primary N) is 1. The highest BCUT2D eigenvalue weighted by atomic mass is 16.6. The Kier molecular flexibility index (Phi) is 12.9. The third-order valence-electron chi connectivity index (χ3n) is 5.68. The molecule has 0 fully saturated rings. The van der Waals surface area contributed by atoms with Gasteiger partial charge in [-0.15, -0.1) is 0 Å². The van der Waals surface area contributed by atoms with Crippen LogP contribution in [0.25, 0.3) is 0 Å². The zero-order valence-electron chi connectivity index (χ0n) is 23.0. The number of unbranched alkanes of at least 4 members (excludes halogenated alkanes) is 2. The SMILES string of the molecule is CC(C)(C)OC(=O)NC(CCc1ccccc1)C(=O)NNC(=O)c1ccc(CNC(=O)CCCCCN)cc1. The van der Waals surface area contributed by atoms with Crippen LogP contribution in [0.4, 0.5) is 4.79 Å². The molecule has 10 heteroatoms. The normalized spacial score (nSPS) is 11.7. The van der Waals surface area contributed by atoms with E-state index in [1.165, 1.54) is 0 Å². The molecular formula is C29H41N5O5. The molecule has 1 unspecified atom stereocenters. The molecule has 10 nitrogen and oxygen atoms in total. The third kappa shape index (κ3) is 12.9. The van der Waals surface area contributed by atoms with E-state index < -0.39 is 29.6 Å². The Labute approximate surface area is 230 Å². The molecule has 0 saturated heterocycles. The van der Waals surface area contributed by atoms with Gasteiger partial charge in [0.15, 0.2) is 0 Å². The molecule has 0 aliphatic heterocycles. The molecule has 212 valence electrons. The van der Waals surface area contributed by atoms with Gasteiger partial charge < -0.3 is 21.1 Å². The lowest BCUT2D eigenvalue weighted by Crippen LogP contribution is -2.53. The third-order valence-corrected chi connectivity index (χ3v) is 5.68. The minimum atomic E-state index is -0.929. The van der Waals surface area contributed by atoms with E-state index in [1.54, 1.807) is 45.0 Å². The van der Waals surface area contributed by atoms with Crippen LogP contribution in [-0.4, -0.2) is 42.0 Å². The number of nitrogens with one attached hydrogen (secondary N) is 4. The Balaban J connectivity index is 1.88. The quantitative estimate of drug-likeness (QED) is 0.195. The van der Waals surface area contributed by atoms with Gasteiger partial charge in [0, 0.05) is 18.5 Å². The van der Waals surface area contributed by atoms with Crippen LogP contribution in [0.3, 0.4) is 0 Å². The Morgan fingerprint density at radius 3 is 2.21 bits per heavy atom. The molecular weight excluding hydrogens is 498 g/mol. The highest BCUT2D eigenvalue weighted by Crippen LogP contribution is 2.10. The molecule has 39 heavy (non-hydrogen) atoms. The summed E-state index contributed by atoms with van der Waals surface area (Å²) < 4.78 is 5.29. The van der Waals surface area contributed by atoms with Crippen LogP contribution in [0.2, 0.25) is 0 Å². The highest BCUT2D eigenvalue weighted by molar-refractivity contribution is 5.96. The fourth-order valence-corrected chi connectivity index (χ4v) is 3.62. The zero-order valence-corrected chi connectivity index (χ0v) is 23.0. The minimum Gasteiger partial charge on any atom is -0.444 e. The van der Waals surface area contributed by atoms with Crippen molar-refractivity contribution < 1.29 is 23.9 Å². The molecule has 0 heterocycles. The first kappa shape index (κ1) is 31.3. The molecule has 0 saturated carbocycles. The van der Waals surface area contributed by atoms with Gasteiger partial charge in [0.1, 0.15) is 11.6 Å². The van der Waals surface area contributed by atoms with Crippen LogP contribution >= 0.6 is 0 Å². The van der Waals surface area contributed by atoms with Gasteiger partial charge in [-0.2, -0.15) is 0 Å². The average molecular weight is 540 g/mol. The monoisotopic (exact) mass is 539 g/mol. The number of hydrogen-bond acceptors (Lipinski definition) is 6. The number of hydrogen-bond donors (Lipinski definition) is 5. The van der Waals surface area contributed by atoms with Gasteiger partial charge in [-0.1, -0.05) is 48.9 Å². The number of amides is 4. The molecule has 0 radical (unpaired) electrons. The van der Waals surface area contributed by atoms with Gasteiger partial charge in [0.25, 0.3) is 11.8 Å². The first-order valence-corrected chi connectivity index (χ1v) is 13.3. The second kappa shape index (κ2) is 16.1. The predicted octanol–water partition coefficient (Wildman–Crippen LogP) is 3.11. The maximum atomic E-state index is 12.9. The average Bonchev–Trinajstić information content (AvgIpc) is 2.90. The first-order valence-electron chi connectivity index (χ1n) is 13.3. The number of benzene rings is 2. The summed E-state index contributed by atoms with van der Waals surface area (Å²) in [7, 11) is 0. The summed E-state index contributed by atoms with van der Waals surface area (Å²) in [6.45, 7) is 6.18. The van der Waals surface area contributed by atoms with Crippen LogP contribution in [0.1, 0.15) is 74.4 Å². The van der Waals surface area contributed by atoms with Gasteiger partial charge >= 0.3 is 6.09 Å². The standard InChI is InChI=1S/C29H41N5O5/c1-29(2,3)39-28(38)32-24(18-15-21-10-6-4-7-11-21)27(37)34-33-26(36)23-16-13-22(14-17-23)20-31-25(35)12-8-5-9-19-30/h4,6-7,10-11,13-14,16-17,24H,5,8-9,12,15,18-20,30H2,1-3H3,(H,31,35)(H,32,38)(H,33,36)(H,34,37).